The maximum absolute atomic E-state index is 12.5. The quantitative estimate of drug-likeness (QED) is 0.102. The van der Waals surface area contributed by atoms with Gasteiger partial charge < -0.3 is 4.74 Å². The van der Waals surface area contributed by atoms with Gasteiger partial charge in [-0.15, -0.1) is 0 Å². The summed E-state index contributed by atoms with van der Waals surface area (Å²) in [4.78, 5) is 21.6. The van der Waals surface area contributed by atoms with Crippen molar-refractivity contribution in [2.75, 3.05) is 0 Å². The Morgan fingerprint density at radius 3 is 1.87 bits per heavy atom. The Balaban J connectivity index is 1.30. The molecule has 0 unspecified atom stereocenters. The van der Waals surface area contributed by atoms with Crippen molar-refractivity contribution in [3.05, 3.63) is 42.2 Å². The highest BCUT2D eigenvalue weighted by molar-refractivity contribution is 5.72. The lowest BCUT2D eigenvalue weighted by Crippen LogP contribution is -2.17. The lowest BCUT2D eigenvalue weighted by atomic mass is 9.78. The summed E-state index contributed by atoms with van der Waals surface area (Å²) in [7, 11) is 0. The van der Waals surface area contributed by atoms with Crippen LogP contribution >= 0.6 is 0 Å². The van der Waals surface area contributed by atoms with Crippen molar-refractivity contribution in [1.29, 1.82) is 0 Å². The van der Waals surface area contributed by atoms with Crippen LogP contribution in [-0.4, -0.2) is 15.9 Å². The van der Waals surface area contributed by atoms with Gasteiger partial charge in [0.2, 0.25) is 0 Å². The Morgan fingerprint density at radius 1 is 0.718 bits per heavy atom. The van der Waals surface area contributed by atoms with E-state index in [1.165, 1.54) is 115 Å². The van der Waals surface area contributed by atoms with Gasteiger partial charge in [-0.3, -0.25) is 4.79 Å². The third-order valence-corrected chi connectivity index (χ3v) is 8.56. The molecule has 1 fully saturated rings. The van der Waals surface area contributed by atoms with E-state index < -0.39 is 0 Å². The highest BCUT2D eigenvalue weighted by atomic mass is 16.5. The summed E-state index contributed by atoms with van der Waals surface area (Å²) in [5.41, 5.74) is 2.15. The number of hydrogen-bond acceptors (Lipinski definition) is 4. The second kappa shape index (κ2) is 19.0. The van der Waals surface area contributed by atoms with E-state index in [4.69, 9.17) is 4.74 Å². The largest absolute Gasteiger partial charge is 0.427 e. The maximum atomic E-state index is 12.5. The van der Waals surface area contributed by atoms with Gasteiger partial charge in [-0.2, -0.15) is 0 Å². The highest BCUT2D eigenvalue weighted by Gasteiger charge is 2.21. The van der Waals surface area contributed by atoms with Crippen molar-refractivity contribution < 1.29 is 9.53 Å². The molecule has 1 heterocycles. The normalized spacial score (nSPS) is 17.3. The predicted molar refractivity (Wildman–Crippen MR) is 163 cm³/mol. The molecule has 4 heteroatoms. The molecule has 1 aromatic carbocycles. The van der Waals surface area contributed by atoms with Crippen molar-refractivity contribution in [2.45, 2.75) is 142 Å². The van der Waals surface area contributed by atoms with E-state index in [1.54, 1.807) is 0 Å². The second-order valence-electron chi connectivity index (χ2n) is 11.9. The Labute approximate surface area is 238 Å². The van der Waals surface area contributed by atoms with Crippen LogP contribution in [0.3, 0.4) is 0 Å². The van der Waals surface area contributed by atoms with E-state index in [9.17, 15) is 4.79 Å². The molecule has 1 aromatic heterocycles. The molecule has 3 rings (SSSR count). The van der Waals surface area contributed by atoms with Crippen LogP contribution in [0.25, 0.3) is 11.4 Å². The minimum Gasteiger partial charge on any atom is -0.427 e. The summed E-state index contributed by atoms with van der Waals surface area (Å²) >= 11 is 0. The zero-order valence-corrected chi connectivity index (χ0v) is 25.0. The molecule has 216 valence electrons. The SMILES string of the molecule is CCCCCCCCCCc1cnc(-c2ccc(OC(=O)CC[C@H]3CC[C@H](CCCCCC)CC3)cc2)nc1. The van der Waals surface area contributed by atoms with E-state index in [-0.39, 0.29) is 5.97 Å². The average Bonchev–Trinajstić information content (AvgIpc) is 2.97. The van der Waals surface area contributed by atoms with Crippen molar-refractivity contribution in [1.82, 2.24) is 9.97 Å². The van der Waals surface area contributed by atoms with Gasteiger partial charge in [-0.05, 0) is 60.9 Å². The zero-order chi connectivity index (χ0) is 27.5. The van der Waals surface area contributed by atoms with Crippen LogP contribution in [0, 0.1) is 11.8 Å². The molecular weight excluding hydrogens is 480 g/mol. The van der Waals surface area contributed by atoms with E-state index in [2.05, 4.69) is 23.8 Å². The molecule has 0 bridgehead atoms. The van der Waals surface area contributed by atoms with E-state index in [0.29, 0.717) is 23.9 Å². The van der Waals surface area contributed by atoms with Crippen molar-refractivity contribution in [2.24, 2.45) is 11.8 Å². The number of esters is 1. The maximum Gasteiger partial charge on any atom is 0.311 e. The first-order chi connectivity index (χ1) is 19.2. The number of nitrogens with zero attached hydrogens (tertiary/aromatic N) is 2. The summed E-state index contributed by atoms with van der Waals surface area (Å²) in [6.07, 6.45) is 29.2. The van der Waals surface area contributed by atoms with Gasteiger partial charge in [0, 0.05) is 24.4 Å². The number of hydrogen-bond donors (Lipinski definition) is 0. The lowest BCUT2D eigenvalue weighted by molar-refractivity contribution is -0.134. The lowest BCUT2D eigenvalue weighted by Gasteiger charge is -2.28. The second-order valence-corrected chi connectivity index (χ2v) is 11.9. The number of rotatable bonds is 19. The molecule has 0 spiro atoms. The third-order valence-electron chi connectivity index (χ3n) is 8.56. The number of aryl methyl sites for hydroxylation is 1. The molecule has 39 heavy (non-hydrogen) atoms. The first kappa shape index (κ1) is 31.3. The topological polar surface area (TPSA) is 52.1 Å². The minimum atomic E-state index is -0.119. The summed E-state index contributed by atoms with van der Waals surface area (Å²) in [6, 6.07) is 7.60. The van der Waals surface area contributed by atoms with Crippen molar-refractivity contribution in [3.63, 3.8) is 0 Å². The number of carbonyl (C=O) groups is 1. The molecular formula is C35H54N2O2. The fourth-order valence-electron chi connectivity index (χ4n) is 5.94. The van der Waals surface area contributed by atoms with Crippen molar-refractivity contribution in [3.8, 4) is 17.1 Å². The van der Waals surface area contributed by atoms with Crippen LogP contribution in [0.2, 0.25) is 0 Å². The molecule has 0 amide bonds. The predicted octanol–water partition coefficient (Wildman–Crippen LogP) is 10.3. The standard InChI is InChI=1S/C35H54N2O2/c1-3-5-7-9-10-11-12-14-16-31-27-36-35(37-28-31)32-22-24-33(25-23-32)39-34(38)26-21-30-19-17-29(18-20-30)15-13-8-6-4-2/h22-25,27-30H,3-21,26H2,1-2H3/t29-,30-. The van der Waals surface area contributed by atoms with E-state index >= 15 is 0 Å². The van der Waals surface area contributed by atoms with Gasteiger partial charge in [0.1, 0.15) is 5.75 Å². The van der Waals surface area contributed by atoms with Crippen LogP contribution in [-0.2, 0) is 11.2 Å². The number of ether oxygens (including phenoxy) is 1. The average molecular weight is 535 g/mol. The molecule has 0 atom stereocenters. The first-order valence-corrected chi connectivity index (χ1v) is 16.3. The molecule has 0 aliphatic heterocycles. The zero-order valence-electron chi connectivity index (χ0n) is 25.0. The van der Waals surface area contributed by atoms with Gasteiger partial charge in [-0.25, -0.2) is 9.97 Å². The van der Waals surface area contributed by atoms with Gasteiger partial charge >= 0.3 is 5.97 Å². The highest BCUT2D eigenvalue weighted by Crippen LogP contribution is 2.34. The molecule has 2 aromatic rings. The van der Waals surface area contributed by atoms with Gasteiger partial charge in [0.05, 0.1) is 0 Å². The van der Waals surface area contributed by atoms with E-state index in [1.807, 2.05) is 36.7 Å². The molecule has 1 aliphatic rings. The summed E-state index contributed by atoms with van der Waals surface area (Å²) in [6.45, 7) is 4.54. The van der Waals surface area contributed by atoms with Crippen LogP contribution in [0.4, 0.5) is 0 Å². The molecule has 1 aliphatic carbocycles. The molecule has 4 nitrogen and oxygen atoms in total. The van der Waals surface area contributed by atoms with E-state index in [0.717, 1.165) is 24.3 Å². The summed E-state index contributed by atoms with van der Waals surface area (Å²) in [5.74, 6) is 2.80. The minimum absolute atomic E-state index is 0.119. The fraction of sp³-hybridized carbons (Fsp3) is 0.686. The number of aromatic nitrogens is 2. The number of benzene rings is 1. The molecule has 1 saturated carbocycles. The summed E-state index contributed by atoms with van der Waals surface area (Å²) < 4.78 is 5.62. The number of unbranched alkanes of at least 4 members (excludes halogenated alkanes) is 10. The Morgan fingerprint density at radius 2 is 1.26 bits per heavy atom. The van der Waals surface area contributed by atoms with Crippen molar-refractivity contribution >= 4 is 5.97 Å². The Hall–Kier alpha value is -2.23. The summed E-state index contributed by atoms with van der Waals surface area (Å²) in [5, 5.41) is 0. The fourth-order valence-corrected chi connectivity index (χ4v) is 5.94. The van der Waals surface area contributed by atoms with Gasteiger partial charge in [0.15, 0.2) is 5.82 Å². The Bertz CT molecular complexity index is 901. The number of carbonyl (C=O) groups excluding carboxylic acids is 1. The van der Waals surface area contributed by atoms with Gasteiger partial charge in [0.25, 0.3) is 0 Å². The van der Waals surface area contributed by atoms with Crippen LogP contribution in [0.15, 0.2) is 36.7 Å². The molecule has 0 saturated heterocycles. The monoisotopic (exact) mass is 534 g/mol. The smallest absolute Gasteiger partial charge is 0.311 e. The Kier molecular flexibility index (Phi) is 15.2. The third kappa shape index (κ3) is 12.7. The van der Waals surface area contributed by atoms with Crippen LogP contribution in [0.1, 0.15) is 141 Å². The van der Waals surface area contributed by atoms with Crippen LogP contribution < -0.4 is 4.74 Å². The molecule has 0 N–H and O–H groups in total. The van der Waals surface area contributed by atoms with Crippen LogP contribution in [0.5, 0.6) is 5.75 Å². The first-order valence-electron chi connectivity index (χ1n) is 16.3. The molecule has 0 radical (unpaired) electrons. The van der Waals surface area contributed by atoms with Gasteiger partial charge in [-0.1, -0.05) is 117 Å².